The van der Waals surface area contributed by atoms with Crippen LogP contribution in [0.4, 0.5) is 5.69 Å². The Morgan fingerprint density at radius 2 is 1.31 bits per heavy atom. The molecular weight excluding hydrogens is 422 g/mol. The largest absolute Gasteiger partial charge is 0.465 e. The van der Waals surface area contributed by atoms with Crippen LogP contribution in [-0.4, -0.2) is 19.0 Å². The highest BCUT2D eigenvalue weighted by Gasteiger charge is 2.12. The number of benzene rings is 4. The van der Waals surface area contributed by atoms with Crippen molar-refractivity contribution in [3.05, 3.63) is 113 Å². The predicted octanol–water partition coefficient (Wildman–Crippen LogP) is 6.71. The molecule has 0 radical (unpaired) electrons. The number of carbonyl (C=O) groups excluding carboxylic acids is 2. The molecule has 0 fully saturated rings. The smallest absolute Gasteiger partial charge is 0.337 e. The molecule has 4 aromatic carbocycles. The fraction of sp³-hybridized carbons (Fsp3) is 0.0370. The monoisotopic (exact) mass is 441 g/mol. The molecule has 0 aliphatic carbocycles. The van der Waals surface area contributed by atoms with Crippen LogP contribution >= 0.6 is 11.6 Å². The number of rotatable bonds is 5. The lowest BCUT2D eigenvalue weighted by molar-refractivity contribution is 0.0600. The molecule has 0 aliphatic heterocycles. The van der Waals surface area contributed by atoms with Crippen molar-refractivity contribution in [2.45, 2.75) is 0 Å². The average Bonchev–Trinajstić information content (AvgIpc) is 2.85. The van der Waals surface area contributed by atoms with Gasteiger partial charge in [0.25, 0.3) is 5.91 Å². The van der Waals surface area contributed by atoms with Gasteiger partial charge in [-0.1, -0.05) is 66.2 Å². The van der Waals surface area contributed by atoms with Gasteiger partial charge in [0.2, 0.25) is 0 Å². The summed E-state index contributed by atoms with van der Waals surface area (Å²) in [5.74, 6) is -0.696. The van der Waals surface area contributed by atoms with Crippen molar-refractivity contribution < 1.29 is 14.3 Å². The third-order valence-electron chi connectivity index (χ3n) is 5.10. The molecule has 5 heteroatoms. The summed E-state index contributed by atoms with van der Waals surface area (Å²) >= 11 is 6.44. The van der Waals surface area contributed by atoms with Crippen LogP contribution in [0.3, 0.4) is 0 Å². The Hall–Kier alpha value is -3.89. The standard InChI is InChI=1S/C27H20ClNO3/c1-32-27(31)21-11-14-23(15-12-21)29-26(30)22-13-16-25(28)24(17-22)20-9-7-19(8-10-20)18-5-3-2-4-6-18/h2-17H,1H3,(H,29,30). The van der Waals surface area contributed by atoms with E-state index in [0.29, 0.717) is 21.8 Å². The number of hydrogen-bond donors (Lipinski definition) is 1. The molecule has 4 nitrogen and oxygen atoms in total. The quantitative estimate of drug-likeness (QED) is 0.350. The normalized spacial score (nSPS) is 10.4. The molecule has 0 aromatic heterocycles. The average molecular weight is 442 g/mol. The lowest BCUT2D eigenvalue weighted by Crippen LogP contribution is -2.12. The van der Waals surface area contributed by atoms with Crippen molar-refractivity contribution >= 4 is 29.2 Å². The lowest BCUT2D eigenvalue weighted by Gasteiger charge is -2.10. The minimum absolute atomic E-state index is 0.269. The van der Waals surface area contributed by atoms with E-state index in [1.54, 1.807) is 42.5 Å². The molecule has 0 aliphatic rings. The van der Waals surface area contributed by atoms with Crippen molar-refractivity contribution in [1.29, 1.82) is 0 Å². The van der Waals surface area contributed by atoms with E-state index in [1.165, 1.54) is 7.11 Å². The summed E-state index contributed by atoms with van der Waals surface area (Å²) in [6.45, 7) is 0. The second kappa shape index (κ2) is 9.50. The van der Waals surface area contributed by atoms with Crippen molar-refractivity contribution in [3.8, 4) is 22.3 Å². The molecule has 0 saturated heterocycles. The minimum Gasteiger partial charge on any atom is -0.465 e. The second-order valence-electron chi connectivity index (χ2n) is 7.16. The maximum Gasteiger partial charge on any atom is 0.337 e. The van der Waals surface area contributed by atoms with E-state index in [1.807, 2.05) is 42.5 Å². The topological polar surface area (TPSA) is 55.4 Å². The third-order valence-corrected chi connectivity index (χ3v) is 5.43. The van der Waals surface area contributed by atoms with E-state index >= 15 is 0 Å². The summed E-state index contributed by atoms with van der Waals surface area (Å²) in [4.78, 5) is 24.3. The van der Waals surface area contributed by atoms with Crippen LogP contribution in [0.25, 0.3) is 22.3 Å². The van der Waals surface area contributed by atoms with E-state index < -0.39 is 5.97 Å². The Balaban J connectivity index is 1.54. The molecule has 1 amide bonds. The number of ether oxygens (including phenoxy) is 1. The van der Waals surface area contributed by atoms with Crippen molar-refractivity contribution in [1.82, 2.24) is 0 Å². The van der Waals surface area contributed by atoms with E-state index in [2.05, 4.69) is 22.2 Å². The number of carbonyl (C=O) groups is 2. The first-order valence-corrected chi connectivity index (χ1v) is 10.4. The van der Waals surface area contributed by atoms with Gasteiger partial charge >= 0.3 is 5.97 Å². The predicted molar refractivity (Wildman–Crippen MR) is 128 cm³/mol. The highest BCUT2D eigenvalue weighted by Crippen LogP contribution is 2.31. The van der Waals surface area contributed by atoms with Crippen molar-refractivity contribution in [2.75, 3.05) is 12.4 Å². The Labute approximate surface area is 191 Å². The highest BCUT2D eigenvalue weighted by atomic mass is 35.5. The maximum absolute atomic E-state index is 12.8. The Kier molecular flexibility index (Phi) is 6.34. The van der Waals surface area contributed by atoms with Crippen LogP contribution in [0.5, 0.6) is 0 Å². The molecule has 0 unspecified atom stereocenters. The number of halogens is 1. The van der Waals surface area contributed by atoms with Gasteiger partial charge in [-0.3, -0.25) is 4.79 Å². The van der Waals surface area contributed by atoms with E-state index in [9.17, 15) is 9.59 Å². The Bertz CT molecular complexity index is 1250. The third kappa shape index (κ3) is 4.71. The molecule has 0 bridgehead atoms. The first-order chi connectivity index (χ1) is 15.5. The van der Waals surface area contributed by atoms with Gasteiger partial charge in [-0.2, -0.15) is 0 Å². The second-order valence-corrected chi connectivity index (χ2v) is 7.57. The van der Waals surface area contributed by atoms with Crippen molar-refractivity contribution in [3.63, 3.8) is 0 Å². The van der Waals surface area contributed by atoms with Crippen LogP contribution in [0.1, 0.15) is 20.7 Å². The summed E-state index contributed by atoms with van der Waals surface area (Å²) in [5.41, 5.74) is 5.41. The Morgan fingerprint density at radius 3 is 1.97 bits per heavy atom. The van der Waals surface area contributed by atoms with E-state index in [-0.39, 0.29) is 5.91 Å². The van der Waals surface area contributed by atoms with Crippen molar-refractivity contribution in [2.24, 2.45) is 0 Å². The number of hydrogen-bond acceptors (Lipinski definition) is 3. The van der Waals surface area contributed by atoms with Gasteiger partial charge in [0.1, 0.15) is 0 Å². The van der Waals surface area contributed by atoms with Crippen LogP contribution in [0.2, 0.25) is 5.02 Å². The van der Waals surface area contributed by atoms with Gasteiger partial charge < -0.3 is 10.1 Å². The molecule has 0 saturated carbocycles. The first kappa shape index (κ1) is 21.3. The zero-order valence-corrected chi connectivity index (χ0v) is 18.1. The molecule has 158 valence electrons. The summed E-state index contributed by atoms with van der Waals surface area (Å²) in [5, 5.41) is 3.40. The number of nitrogens with one attached hydrogen (secondary N) is 1. The molecule has 32 heavy (non-hydrogen) atoms. The number of amides is 1. The van der Waals surface area contributed by atoms with Gasteiger partial charge in [0.05, 0.1) is 12.7 Å². The number of methoxy groups -OCH3 is 1. The van der Waals surface area contributed by atoms with Gasteiger partial charge in [0.15, 0.2) is 0 Å². The molecule has 0 atom stereocenters. The molecule has 4 rings (SSSR count). The van der Waals surface area contributed by atoms with Crippen LogP contribution in [-0.2, 0) is 4.74 Å². The summed E-state index contributed by atoms with van der Waals surface area (Å²) in [6, 6.07) is 29.9. The lowest BCUT2D eigenvalue weighted by atomic mass is 9.99. The van der Waals surface area contributed by atoms with E-state index in [0.717, 1.165) is 22.3 Å². The summed E-state index contributed by atoms with van der Waals surface area (Å²) in [6.07, 6.45) is 0. The Morgan fingerprint density at radius 1 is 0.719 bits per heavy atom. The van der Waals surface area contributed by atoms with Crippen LogP contribution in [0.15, 0.2) is 97.1 Å². The maximum atomic E-state index is 12.8. The number of esters is 1. The zero-order valence-electron chi connectivity index (χ0n) is 17.3. The number of anilines is 1. The molecule has 0 heterocycles. The van der Waals surface area contributed by atoms with Crippen LogP contribution < -0.4 is 5.32 Å². The fourth-order valence-electron chi connectivity index (χ4n) is 3.37. The van der Waals surface area contributed by atoms with Gasteiger partial charge in [-0.15, -0.1) is 0 Å². The SMILES string of the molecule is COC(=O)c1ccc(NC(=O)c2ccc(Cl)c(-c3ccc(-c4ccccc4)cc3)c2)cc1. The van der Waals surface area contributed by atoms with E-state index in [4.69, 9.17) is 11.6 Å². The van der Waals surface area contributed by atoms with Gasteiger partial charge in [-0.25, -0.2) is 4.79 Å². The summed E-state index contributed by atoms with van der Waals surface area (Å²) < 4.78 is 4.69. The molecule has 1 N–H and O–H groups in total. The highest BCUT2D eigenvalue weighted by molar-refractivity contribution is 6.33. The van der Waals surface area contributed by atoms with Crippen LogP contribution in [0, 0.1) is 0 Å². The fourth-order valence-corrected chi connectivity index (χ4v) is 3.60. The summed E-state index contributed by atoms with van der Waals surface area (Å²) in [7, 11) is 1.32. The molecule has 0 spiro atoms. The molecular formula is C27H20ClNO3. The van der Waals surface area contributed by atoms with Gasteiger partial charge in [-0.05, 0) is 59.2 Å². The minimum atomic E-state index is -0.427. The first-order valence-electron chi connectivity index (χ1n) is 10.0. The molecule has 4 aromatic rings. The van der Waals surface area contributed by atoms with Gasteiger partial charge in [0, 0.05) is 21.8 Å². The zero-order chi connectivity index (χ0) is 22.5.